The SMILES string of the molecule is Cc1cccc(N)c1C=O. The van der Waals surface area contributed by atoms with Crippen LogP contribution < -0.4 is 5.73 Å². The Morgan fingerprint density at radius 1 is 1.50 bits per heavy atom. The molecule has 0 amide bonds. The number of anilines is 1. The molecule has 0 aliphatic heterocycles. The fourth-order valence-electron chi connectivity index (χ4n) is 0.864. The zero-order chi connectivity index (χ0) is 7.56. The number of rotatable bonds is 1. The van der Waals surface area contributed by atoms with E-state index in [0.29, 0.717) is 11.3 Å². The van der Waals surface area contributed by atoms with E-state index in [1.54, 1.807) is 6.07 Å². The van der Waals surface area contributed by atoms with E-state index in [9.17, 15) is 4.79 Å². The molecule has 0 spiro atoms. The zero-order valence-corrected chi connectivity index (χ0v) is 5.79. The lowest BCUT2D eigenvalue weighted by Gasteiger charge is -1.99. The Labute approximate surface area is 59.7 Å². The Bertz CT molecular complexity index is 235. The molecule has 2 N–H and O–H groups in total. The van der Waals surface area contributed by atoms with E-state index in [2.05, 4.69) is 0 Å². The van der Waals surface area contributed by atoms with Crippen LogP contribution in [0.15, 0.2) is 18.2 Å². The molecule has 1 rings (SSSR count). The van der Waals surface area contributed by atoms with Crippen molar-refractivity contribution in [3.63, 3.8) is 0 Å². The summed E-state index contributed by atoms with van der Waals surface area (Å²) >= 11 is 0. The Morgan fingerprint density at radius 2 is 2.20 bits per heavy atom. The molecular formula is C8H9NO. The van der Waals surface area contributed by atoms with Crippen molar-refractivity contribution in [3.05, 3.63) is 29.3 Å². The van der Waals surface area contributed by atoms with Crippen LogP contribution in [0, 0.1) is 6.92 Å². The molecule has 52 valence electrons. The highest BCUT2D eigenvalue weighted by atomic mass is 16.1. The van der Waals surface area contributed by atoms with Crippen LogP contribution in [0.5, 0.6) is 0 Å². The molecule has 0 radical (unpaired) electrons. The van der Waals surface area contributed by atoms with Gasteiger partial charge in [0.15, 0.2) is 6.29 Å². The van der Waals surface area contributed by atoms with Crippen molar-refractivity contribution in [1.82, 2.24) is 0 Å². The van der Waals surface area contributed by atoms with Crippen LogP contribution in [0.4, 0.5) is 5.69 Å². The van der Waals surface area contributed by atoms with Gasteiger partial charge in [0.1, 0.15) is 0 Å². The fourth-order valence-corrected chi connectivity index (χ4v) is 0.864. The summed E-state index contributed by atoms with van der Waals surface area (Å²) in [7, 11) is 0. The van der Waals surface area contributed by atoms with E-state index in [-0.39, 0.29) is 0 Å². The zero-order valence-electron chi connectivity index (χ0n) is 5.79. The van der Waals surface area contributed by atoms with Gasteiger partial charge in [0.05, 0.1) is 0 Å². The van der Waals surface area contributed by atoms with Crippen molar-refractivity contribution in [3.8, 4) is 0 Å². The van der Waals surface area contributed by atoms with E-state index in [1.165, 1.54) is 0 Å². The van der Waals surface area contributed by atoms with Crippen LogP contribution in [0.3, 0.4) is 0 Å². The van der Waals surface area contributed by atoms with Gasteiger partial charge in [0.25, 0.3) is 0 Å². The largest absolute Gasteiger partial charge is 0.398 e. The second-order valence-electron chi connectivity index (χ2n) is 2.20. The minimum atomic E-state index is 0.551. The van der Waals surface area contributed by atoms with Crippen LogP contribution in [0.2, 0.25) is 0 Å². The summed E-state index contributed by atoms with van der Waals surface area (Å²) in [5, 5.41) is 0. The lowest BCUT2D eigenvalue weighted by atomic mass is 10.1. The van der Waals surface area contributed by atoms with E-state index < -0.39 is 0 Å². The molecule has 0 aromatic heterocycles. The molecule has 0 fully saturated rings. The molecule has 2 nitrogen and oxygen atoms in total. The number of carbonyl (C=O) groups excluding carboxylic acids is 1. The summed E-state index contributed by atoms with van der Waals surface area (Å²) in [5.74, 6) is 0. The predicted octanol–water partition coefficient (Wildman–Crippen LogP) is 1.39. The fraction of sp³-hybridized carbons (Fsp3) is 0.125. The maximum Gasteiger partial charge on any atom is 0.152 e. The number of nitrogen functional groups attached to an aromatic ring is 1. The number of hydrogen-bond donors (Lipinski definition) is 1. The summed E-state index contributed by atoms with van der Waals surface area (Å²) in [6.07, 6.45) is 0.782. The van der Waals surface area contributed by atoms with Gasteiger partial charge in [-0.25, -0.2) is 0 Å². The Kier molecular flexibility index (Phi) is 1.71. The summed E-state index contributed by atoms with van der Waals surface area (Å²) in [6.45, 7) is 1.86. The second kappa shape index (κ2) is 2.52. The third-order valence-corrected chi connectivity index (χ3v) is 1.48. The average molecular weight is 135 g/mol. The lowest BCUT2D eigenvalue weighted by Crippen LogP contribution is -1.94. The van der Waals surface area contributed by atoms with Gasteiger partial charge in [0.2, 0.25) is 0 Å². The van der Waals surface area contributed by atoms with E-state index in [1.807, 2.05) is 19.1 Å². The molecule has 0 aliphatic rings. The van der Waals surface area contributed by atoms with Crippen molar-refractivity contribution in [2.75, 3.05) is 5.73 Å². The monoisotopic (exact) mass is 135 g/mol. The maximum absolute atomic E-state index is 10.4. The Morgan fingerprint density at radius 3 is 2.60 bits per heavy atom. The average Bonchev–Trinajstić information content (AvgIpc) is 1.88. The summed E-state index contributed by atoms with van der Waals surface area (Å²) in [6, 6.07) is 5.41. The molecular weight excluding hydrogens is 126 g/mol. The minimum absolute atomic E-state index is 0.551. The van der Waals surface area contributed by atoms with Crippen LogP contribution in [0.1, 0.15) is 15.9 Å². The topological polar surface area (TPSA) is 43.1 Å². The van der Waals surface area contributed by atoms with Gasteiger partial charge in [-0.05, 0) is 18.6 Å². The van der Waals surface area contributed by atoms with Crippen LogP contribution in [-0.2, 0) is 0 Å². The number of hydrogen-bond acceptors (Lipinski definition) is 2. The normalized spacial score (nSPS) is 9.30. The van der Waals surface area contributed by atoms with Gasteiger partial charge >= 0.3 is 0 Å². The van der Waals surface area contributed by atoms with Crippen molar-refractivity contribution in [1.29, 1.82) is 0 Å². The number of nitrogens with two attached hydrogens (primary N) is 1. The first-order valence-corrected chi connectivity index (χ1v) is 3.06. The first-order valence-electron chi connectivity index (χ1n) is 3.06. The summed E-state index contributed by atoms with van der Waals surface area (Å²) in [4.78, 5) is 10.4. The number of aryl methyl sites for hydroxylation is 1. The van der Waals surface area contributed by atoms with Crippen LogP contribution in [-0.4, -0.2) is 6.29 Å². The highest BCUT2D eigenvalue weighted by molar-refractivity contribution is 5.85. The Balaban J connectivity index is 3.30. The van der Waals surface area contributed by atoms with Crippen molar-refractivity contribution >= 4 is 12.0 Å². The molecule has 0 bridgehead atoms. The molecule has 2 heteroatoms. The molecule has 10 heavy (non-hydrogen) atoms. The van der Waals surface area contributed by atoms with Crippen molar-refractivity contribution < 1.29 is 4.79 Å². The number of aldehydes is 1. The van der Waals surface area contributed by atoms with E-state index in [4.69, 9.17) is 5.73 Å². The van der Waals surface area contributed by atoms with Gasteiger partial charge in [-0.1, -0.05) is 12.1 Å². The highest BCUT2D eigenvalue weighted by Crippen LogP contribution is 2.12. The minimum Gasteiger partial charge on any atom is -0.398 e. The number of benzene rings is 1. The number of carbonyl (C=O) groups is 1. The maximum atomic E-state index is 10.4. The van der Waals surface area contributed by atoms with Gasteiger partial charge in [-0.3, -0.25) is 4.79 Å². The lowest BCUT2D eigenvalue weighted by molar-refractivity contribution is 0.112. The molecule has 0 atom stereocenters. The second-order valence-corrected chi connectivity index (χ2v) is 2.20. The molecule has 1 aromatic rings. The van der Waals surface area contributed by atoms with Gasteiger partial charge in [-0.2, -0.15) is 0 Å². The first-order chi connectivity index (χ1) is 4.75. The molecule has 1 aromatic carbocycles. The smallest absolute Gasteiger partial charge is 0.152 e. The molecule has 0 saturated carbocycles. The standard InChI is InChI=1S/C8H9NO/c1-6-3-2-4-8(9)7(6)5-10/h2-5H,9H2,1H3. The van der Waals surface area contributed by atoms with E-state index >= 15 is 0 Å². The highest BCUT2D eigenvalue weighted by Gasteiger charge is 1.98. The van der Waals surface area contributed by atoms with Gasteiger partial charge < -0.3 is 5.73 Å². The summed E-state index contributed by atoms with van der Waals surface area (Å²) in [5.41, 5.74) is 7.58. The molecule has 0 unspecified atom stereocenters. The predicted molar refractivity (Wildman–Crippen MR) is 41.0 cm³/mol. The Hall–Kier alpha value is -1.31. The van der Waals surface area contributed by atoms with Crippen molar-refractivity contribution in [2.24, 2.45) is 0 Å². The molecule has 0 saturated heterocycles. The van der Waals surface area contributed by atoms with Crippen LogP contribution >= 0.6 is 0 Å². The molecule has 0 aliphatic carbocycles. The third-order valence-electron chi connectivity index (χ3n) is 1.48. The summed E-state index contributed by atoms with van der Waals surface area (Å²) < 4.78 is 0. The van der Waals surface area contributed by atoms with Crippen molar-refractivity contribution in [2.45, 2.75) is 6.92 Å². The van der Waals surface area contributed by atoms with Crippen LogP contribution in [0.25, 0.3) is 0 Å². The van der Waals surface area contributed by atoms with Gasteiger partial charge in [-0.15, -0.1) is 0 Å². The van der Waals surface area contributed by atoms with Gasteiger partial charge in [0, 0.05) is 11.3 Å². The van der Waals surface area contributed by atoms with E-state index in [0.717, 1.165) is 11.8 Å². The third kappa shape index (κ3) is 1.00. The molecule has 0 heterocycles. The first kappa shape index (κ1) is 6.81. The quantitative estimate of drug-likeness (QED) is 0.467.